The van der Waals surface area contributed by atoms with Crippen molar-refractivity contribution in [3.8, 4) is 17.1 Å². The molecular formula is C22H21N5O. The van der Waals surface area contributed by atoms with Gasteiger partial charge in [0.2, 0.25) is 5.91 Å². The quantitative estimate of drug-likeness (QED) is 0.563. The third kappa shape index (κ3) is 3.71. The fourth-order valence-electron chi connectivity index (χ4n) is 3.28. The van der Waals surface area contributed by atoms with Gasteiger partial charge in [-0.3, -0.25) is 4.79 Å². The van der Waals surface area contributed by atoms with Crippen molar-refractivity contribution in [2.75, 3.05) is 0 Å². The molecule has 0 aliphatic rings. The van der Waals surface area contributed by atoms with Crippen LogP contribution >= 0.6 is 0 Å². The molecule has 1 amide bonds. The zero-order valence-electron chi connectivity index (χ0n) is 15.6. The monoisotopic (exact) mass is 371 g/mol. The van der Waals surface area contributed by atoms with Gasteiger partial charge in [-0.2, -0.15) is 5.10 Å². The first-order chi connectivity index (χ1) is 13.7. The number of amides is 1. The van der Waals surface area contributed by atoms with Gasteiger partial charge in [-0.15, -0.1) is 0 Å². The molecule has 28 heavy (non-hydrogen) atoms. The predicted molar refractivity (Wildman–Crippen MR) is 108 cm³/mol. The Kier molecular flexibility index (Phi) is 5.01. The average Bonchev–Trinajstić information content (AvgIpc) is 3.41. The topological polar surface area (TPSA) is 64.7 Å². The van der Waals surface area contributed by atoms with Gasteiger partial charge in [-0.25, -0.2) is 9.67 Å². The Hall–Kier alpha value is -3.67. The van der Waals surface area contributed by atoms with Crippen LogP contribution in [-0.2, 0) is 11.3 Å². The standard InChI is InChI=1S/C22H21N5O/c1-17(19-10-5-6-11-20(19)27-14-7-12-24-27)25-21(28)16-26-15-13-23-22(26)18-8-3-2-4-9-18/h2-15,17H,16H2,1H3,(H,25,28)/t17-/m1/s1. The SMILES string of the molecule is C[C@@H](NC(=O)Cn1ccnc1-c1ccccc1)c1ccccc1-n1cccn1. The van der Waals surface area contributed by atoms with Gasteiger partial charge < -0.3 is 9.88 Å². The summed E-state index contributed by atoms with van der Waals surface area (Å²) >= 11 is 0. The van der Waals surface area contributed by atoms with Crippen molar-refractivity contribution in [2.45, 2.75) is 19.5 Å². The van der Waals surface area contributed by atoms with Crippen molar-refractivity contribution < 1.29 is 4.79 Å². The molecule has 1 atom stereocenters. The highest BCUT2D eigenvalue weighted by atomic mass is 16.2. The first-order valence-electron chi connectivity index (χ1n) is 9.17. The van der Waals surface area contributed by atoms with Crippen molar-refractivity contribution in [1.82, 2.24) is 24.6 Å². The van der Waals surface area contributed by atoms with E-state index in [9.17, 15) is 4.79 Å². The second kappa shape index (κ2) is 7.92. The molecule has 1 N–H and O–H groups in total. The Morgan fingerprint density at radius 2 is 1.79 bits per heavy atom. The molecule has 4 rings (SSSR count). The summed E-state index contributed by atoms with van der Waals surface area (Å²) in [6.45, 7) is 2.19. The van der Waals surface area contributed by atoms with Crippen LogP contribution in [0.3, 0.4) is 0 Å². The second-order valence-electron chi connectivity index (χ2n) is 6.54. The first kappa shape index (κ1) is 17.7. The van der Waals surface area contributed by atoms with Crippen LogP contribution < -0.4 is 5.32 Å². The first-order valence-corrected chi connectivity index (χ1v) is 9.17. The number of carbonyl (C=O) groups excluding carboxylic acids is 1. The minimum absolute atomic E-state index is 0.0713. The Labute approximate surface area is 163 Å². The number of aromatic nitrogens is 4. The lowest BCUT2D eigenvalue weighted by Gasteiger charge is -2.18. The number of imidazole rings is 1. The molecule has 0 aliphatic heterocycles. The van der Waals surface area contributed by atoms with Gasteiger partial charge in [-0.1, -0.05) is 48.5 Å². The maximum absolute atomic E-state index is 12.7. The summed E-state index contributed by atoms with van der Waals surface area (Å²) in [7, 11) is 0. The Morgan fingerprint density at radius 3 is 2.57 bits per heavy atom. The van der Waals surface area contributed by atoms with E-state index in [1.165, 1.54) is 0 Å². The van der Waals surface area contributed by atoms with Crippen molar-refractivity contribution in [3.63, 3.8) is 0 Å². The van der Waals surface area contributed by atoms with E-state index < -0.39 is 0 Å². The van der Waals surface area contributed by atoms with Crippen LogP contribution in [0, 0.1) is 0 Å². The summed E-state index contributed by atoms with van der Waals surface area (Å²) in [4.78, 5) is 17.1. The maximum atomic E-state index is 12.7. The molecule has 6 heteroatoms. The molecule has 0 spiro atoms. The smallest absolute Gasteiger partial charge is 0.240 e. The number of benzene rings is 2. The largest absolute Gasteiger partial charge is 0.348 e. The number of rotatable bonds is 6. The van der Waals surface area contributed by atoms with Gasteiger partial charge in [0.15, 0.2) is 0 Å². The van der Waals surface area contributed by atoms with E-state index in [-0.39, 0.29) is 18.5 Å². The third-order valence-electron chi connectivity index (χ3n) is 4.59. The predicted octanol–water partition coefficient (Wildman–Crippen LogP) is 3.61. The van der Waals surface area contributed by atoms with Gasteiger partial charge in [0, 0.05) is 30.4 Å². The highest BCUT2D eigenvalue weighted by Crippen LogP contribution is 2.21. The van der Waals surface area contributed by atoms with E-state index in [1.807, 2.05) is 84.5 Å². The summed E-state index contributed by atoms with van der Waals surface area (Å²) in [5, 5.41) is 7.39. The average molecular weight is 371 g/mol. The molecule has 2 aromatic heterocycles. The van der Waals surface area contributed by atoms with Crippen LogP contribution in [0.4, 0.5) is 0 Å². The lowest BCUT2D eigenvalue weighted by atomic mass is 10.1. The number of hydrogen-bond donors (Lipinski definition) is 1. The van der Waals surface area contributed by atoms with Crippen LogP contribution in [0.15, 0.2) is 85.5 Å². The van der Waals surface area contributed by atoms with Crippen LogP contribution in [0.5, 0.6) is 0 Å². The number of hydrogen-bond acceptors (Lipinski definition) is 3. The van der Waals surface area contributed by atoms with Gasteiger partial charge >= 0.3 is 0 Å². The minimum atomic E-state index is -0.156. The number of para-hydroxylation sites is 1. The van der Waals surface area contributed by atoms with Gasteiger partial charge in [0.25, 0.3) is 0 Å². The Morgan fingerprint density at radius 1 is 1.00 bits per heavy atom. The van der Waals surface area contributed by atoms with Crippen LogP contribution in [0.25, 0.3) is 17.1 Å². The Balaban J connectivity index is 1.50. The Bertz CT molecular complexity index is 1050. The summed E-state index contributed by atoms with van der Waals surface area (Å²) in [6, 6.07) is 19.5. The zero-order valence-corrected chi connectivity index (χ0v) is 15.6. The highest BCUT2D eigenvalue weighted by molar-refractivity contribution is 5.77. The van der Waals surface area contributed by atoms with E-state index in [0.717, 1.165) is 22.6 Å². The molecule has 0 saturated heterocycles. The minimum Gasteiger partial charge on any atom is -0.348 e. The molecule has 2 aromatic carbocycles. The van der Waals surface area contributed by atoms with Crippen molar-refractivity contribution in [3.05, 3.63) is 91.0 Å². The van der Waals surface area contributed by atoms with E-state index >= 15 is 0 Å². The molecular weight excluding hydrogens is 350 g/mol. The van der Waals surface area contributed by atoms with Crippen molar-refractivity contribution in [1.29, 1.82) is 0 Å². The van der Waals surface area contributed by atoms with E-state index in [0.29, 0.717) is 0 Å². The van der Waals surface area contributed by atoms with Gasteiger partial charge in [0.05, 0.1) is 11.7 Å². The highest BCUT2D eigenvalue weighted by Gasteiger charge is 2.16. The van der Waals surface area contributed by atoms with Gasteiger partial charge in [-0.05, 0) is 24.6 Å². The normalized spacial score (nSPS) is 11.9. The molecule has 0 unspecified atom stereocenters. The summed E-state index contributed by atoms with van der Waals surface area (Å²) < 4.78 is 3.66. The number of nitrogens with one attached hydrogen (secondary N) is 1. The third-order valence-corrected chi connectivity index (χ3v) is 4.59. The molecule has 2 heterocycles. The van der Waals surface area contributed by atoms with Gasteiger partial charge in [0.1, 0.15) is 12.4 Å². The molecule has 0 radical (unpaired) electrons. The van der Waals surface area contributed by atoms with E-state index in [2.05, 4.69) is 15.4 Å². The summed E-state index contributed by atoms with van der Waals surface area (Å²) in [5.41, 5.74) is 2.94. The molecule has 0 saturated carbocycles. The molecule has 4 aromatic rings. The van der Waals surface area contributed by atoms with Crippen LogP contribution in [-0.4, -0.2) is 25.2 Å². The van der Waals surface area contributed by atoms with Crippen molar-refractivity contribution >= 4 is 5.91 Å². The number of carbonyl (C=O) groups is 1. The lowest BCUT2D eigenvalue weighted by molar-refractivity contribution is -0.122. The fourth-order valence-corrected chi connectivity index (χ4v) is 3.28. The summed E-state index contributed by atoms with van der Waals surface area (Å²) in [6.07, 6.45) is 7.17. The van der Waals surface area contributed by atoms with Crippen molar-refractivity contribution in [2.24, 2.45) is 0 Å². The summed E-state index contributed by atoms with van der Waals surface area (Å²) in [5.74, 6) is 0.707. The molecule has 0 fully saturated rings. The lowest BCUT2D eigenvalue weighted by Crippen LogP contribution is -2.30. The second-order valence-corrected chi connectivity index (χ2v) is 6.54. The van der Waals surface area contributed by atoms with E-state index in [4.69, 9.17) is 0 Å². The molecule has 6 nitrogen and oxygen atoms in total. The molecule has 0 aliphatic carbocycles. The molecule has 140 valence electrons. The number of nitrogens with zero attached hydrogens (tertiary/aromatic N) is 4. The van der Waals surface area contributed by atoms with Crippen LogP contribution in [0.2, 0.25) is 0 Å². The maximum Gasteiger partial charge on any atom is 0.240 e. The zero-order chi connectivity index (χ0) is 19.3. The fraction of sp³-hybridized carbons (Fsp3) is 0.136. The van der Waals surface area contributed by atoms with Crippen LogP contribution in [0.1, 0.15) is 18.5 Å². The van der Waals surface area contributed by atoms with E-state index in [1.54, 1.807) is 17.1 Å². The molecule has 0 bridgehead atoms.